The van der Waals surface area contributed by atoms with Gasteiger partial charge >= 0.3 is 6.03 Å². The van der Waals surface area contributed by atoms with E-state index >= 15 is 0 Å². The first-order valence-electron chi connectivity index (χ1n) is 8.91. The lowest BCUT2D eigenvalue weighted by molar-refractivity contribution is 0.121. The number of carbonyl (C=O) groups excluding carboxylic acids is 1. The average molecular weight is 333 g/mol. The minimum absolute atomic E-state index is 0.0725. The van der Waals surface area contributed by atoms with Crippen molar-refractivity contribution in [3.63, 3.8) is 0 Å². The fourth-order valence-corrected chi connectivity index (χ4v) is 3.40. The Kier molecular flexibility index (Phi) is 7.06. The van der Waals surface area contributed by atoms with Gasteiger partial charge in [0.05, 0.1) is 6.61 Å². The highest BCUT2D eigenvalue weighted by atomic mass is 16.3. The first-order valence-corrected chi connectivity index (χ1v) is 8.91. The zero-order chi connectivity index (χ0) is 17.4. The van der Waals surface area contributed by atoms with Gasteiger partial charge < -0.3 is 20.6 Å². The van der Waals surface area contributed by atoms with Gasteiger partial charge in [0.2, 0.25) is 0 Å². The minimum Gasteiger partial charge on any atom is -0.396 e. The summed E-state index contributed by atoms with van der Waals surface area (Å²) in [6.07, 6.45) is 3.90. The summed E-state index contributed by atoms with van der Waals surface area (Å²) >= 11 is 0. The van der Waals surface area contributed by atoms with Gasteiger partial charge in [-0.2, -0.15) is 0 Å². The number of aliphatic hydroxyl groups is 1. The number of benzene rings is 1. The molecule has 1 aromatic carbocycles. The molecule has 1 aliphatic rings. The highest BCUT2D eigenvalue weighted by Gasteiger charge is 2.38. The molecule has 0 aliphatic heterocycles. The predicted octanol–water partition coefficient (Wildman–Crippen LogP) is 2.36. The van der Waals surface area contributed by atoms with E-state index in [0.29, 0.717) is 6.54 Å². The summed E-state index contributed by atoms with van der Waals surface area (Å²) in [4.78, 5) is 14.3. The quantitative estimate of drug-likeness (QED) is 0.640. The first kappa shape index (κ1) is 18.7. The maximum absolute atomic E-state index is 12.0. The van der Waals surface area contributed by atoms with Crippen molar-refractivity contribution in [3.8, 4) is 0 Å². The number of hydrogen-bond donors (Lipinski definition) is 3. The molecule has 1 fully saturated rings. The Hall–Kier alpha value is -1.59. The van der Waals surface area contributed by atoms with Gasteiger partial charge in [0, 0.05) is 24.5 Å². The van der Waals surface area contributed by atoms with Crippen molar-refractivity contribution in [1.29, 1.82) is 0 Å². The summed E-state index contributed by atoms with van der Waals surface area (Å²) in [6.45, 7) is 4.69. The Morgan fingerprint density at radius 2 is 2.12 bits per heavy atom. The molecule has 0 saturated heterocycles. The summed E-state index contributed by atoms with van der Waals surface area (Å²) in [5.74, 6) is 0. The molecule has 1 aromatic rings. The monoisotopic (exact) mass is 333 g/mol. The van der Waals surface area contributed by atoms with Crippen LogP contribution in [0.15, 0.2) is 30.3 Å². The molecule has 2 atom stereocenters. The van der Waals surface area contributed by atoms with E-state index in [1.165, 1.54) is 5.56 Å². The number of aliphatic hydroxyl groups excluding tert-OH is 1. The Morgan fingerprint density at radius 3 is 2.83 bits per heavy atom. The number of nitrogens with one attached hydrogen (secondary N) is 2. The summed E-state index contributed by atoms with van der Waals surface area (Å²) in [5, 5.41) is 15.5. The zero-order valence-electron chi connectivity index (χ0n) is 14.9. The molecule has 24 heavy (non-hydrogen) atoms. The fourth-order valence-electron chi connectivity index (χ4n) is 3.40. The zero-order valence-corrected chi connectivity index (χ0v) is 14.9. The molecule has 2 rings (SSSR count). The van der Waals surface area contributed by atoms with Gasteiger partial charge in [-0.15, -0.1) is 0 Å². The largest absolute Gasteiger partial charge is 0.396 e. The third-order valence-electron chi connectivity index (χ3n) is 5.05. The molecule has 0 heterocycles. The lowest BCUT2D eigenvalue weighted by atomic mass is 9.86. The Bertz CT molecular complexity index is 509. The van der Waals surface area contributed by atoms with E-state index in [9.17, 15) is 9.90 Å². The van der Waals surface area contributed by atoms with Crippen LogP contribution in [-0.2, 0) is 6.54 Å². The van der Waals surface area contributed by atoms with Gasteiger partial charge in [-0.25, -0.2) is 4.79 Å². The van der Waals surface area contributed by atoms with E-state index in [0.717, 1.165) is 38.8 Å². The number of rotatable bonds is 8. The van der Waals surface area contributed by atoms with E-state index < -0.39 is 0 Å². The number of nitrogens with zero attached hydrogens (tertiary/aromatic N) is 1. The molecule has 2 unspecified atom stereocenters. The molecule has 134 valence electrons. The van der Waals surface area contributed by atoms with Crippen LogP contribution in [0.25, 0.3) is 0 Å². The lowest BCUT2D eigenvalue weighted by Gasteiger charge is -2.30. The van der Waals surface area contributed by atoms with Crippen molar-refractivity contribution >= 4 is 6.03 Å². The average Bonchev–Trinajstić information content (AvgIpc) is 2.94. The van der Waals surface area contributed by atoms with Crippen molar-refractivity contribution in [2.75, 3.05) is 26.7 Å². The Morgan fingerprint density at radius 1 is 1.38 bits per heavy atom. The Balaban J connectivity index is 1.61. The molecule has 0 bridgehead atoms. The molecule has 1 saturated carbocycles. The second-order valence-corrected chi connectivity index (χ2v) is 7.23. The van der Waals surface area contributed by atoms with E-state index in [2.05, 4.69) is 46.8 Å². The minimum atomic E-state index is -0.173. The van der Waals surface area contributed by atoms with Gasteiger partial charge in [-0.1, -0.05) is 43.7 Å². The highest BCUT2D eigenvalue weighted by molar-refractivity contribution is 5.74. The molecule has 0 spiro atoms. The molecule has 5 nitrogen and oxygen atoms in total. The predicted molar refractivity (Wildman–Crippen MR) is 96.8 cm³/mol. The van der Waals surface area contributed by atoms with Crippen LogP contribution in [0, 0.1) is 5.41 Å². The summed E-state index contributed by atoms with van der Waals surface area (Å²) < 4.78 is 0. The third-order valence-corrected chi connectivity index (χ3v) is 5.05. The molecule has 1 aliphatic carbocycles. The highest BCUT2D eigenvalue weighted by Crippen LogP contribution is 2.37. The van der Waals surface area contributed by atoms with Crippen LogP contribution in [-0.4, -0.2) is 48.8 Å². The standard InChI is InChI=1S/C19H31N3O2/c1-19(15-23)11-6-10-17(19)21-18(24)20-12-7-13-22(2)14-16-8-4-3-5-9-16/h3-5,8-9,17,23H,6-7,10-15H2,1-2H3,(H2,20,21,24). The van der Waals surface area contributed by atoms with Gasteiger partial charge in [-0.05, 0) is 38.4 Å². The second kappa shape index (κ2) is 9.04. The van der Waals surface area contributed by atoms with Crippen molar-refractivity contribution in [3.05, 3.63) is 35.9 Å². The number of hydrogen-bond acceptors (Lipinski definition) is 3. The van der Waals surface area contributed by atoms with E-state index in [-0.39, 0.29) is 24.1 Å². The van der Waals surface area contributed by atoms with E-state index in [1.807, 2.05) is 13.0 Å². The normalized spacial score (nSPS) is 23.4. The van der Waals surface area contributed by atoms with Crippen molar-refractivity contribution in [1.82, 2.24) is 15.5 Å². The molecule has 2 amide bonds. The van der Waals surface area contributed by atoms with Gasteiger partial charge in [-0.3, -0.25) is 0 Å². The maximum Gasteiger partial charge on any atom is 0.315 e. The summed E-state index contributed by atoms with van der Waals surface area (Å²) in [6, 6.07) is 10.3. The van der Waals surface area contributed by atoms with Crippen molar-refractivity contribution in [2.24, 2.45) is 5.41 Å². The molecular formula is C19H31N3O2. The fraction of sp³-hybridized carbons (Fsp3) is 0.632. The molecular weight excluding hydrogens is 302 g/mol. The SMILES string of the molecule is CN(CCCNC(=O)NC1CCCC1(C)CO)Cc1ccccc1. The number of amides is 2. The third kappa shape index (κ3) is 5.49. The van der Waals surface area contributed by atoms with Gasteiger partial charge in [0.25, 0.3) is 0 Å². The molecule has 5 heteroatoms. The number of carbonyl (C=O) groups is 1. The van der Waals surface area contributed by atoms with Crippen LogP contribution in [0.1, 0.15) is 38.2 Å². The summed E-state index contributed by atoms with van der Waals surface area (Å²) in [7, 11) is 2.10. The molecule has 3 N–H and O–H groups in total. The van der Waals surface area contributed by atoms with Crippen LogP contribution in [0.2, 0.25) is 0 Å². The van der Waals surface area contributed by atoms with Crippen LogP contribution in [0.3, 0.4) is 0 Å². The van der Waals surface area contributed by atoms with Crippen LogP contribution < -0.4 is 10.6 Å². The summed E-state index contributed by atoms with van der Waals surface area (Å²) in [5.41, 5.74) is 1.13. The van der Waals surface area contributed by atoms with Crippen molar-refractivity contribution < 1.29 is 9.90 Å². The maximum atomic E-state index is 12.0. The van der Waals surface area contributed by atoms with Gasteiger partial charge in [0.1, 0.15) is 0 Å². The topological polar surface area (TPSA) is 64.6 Å². The van der Waals surface area contributed by atoms with E-state index in [4.69, 9.17) is 0 Å². The Labute approximate surface area is 145 Å². The van der Waals surface area contributed by atoms with Gasteiger partial charge in [0.15, 0.2) is 0 Å². The lowest BCUT2D eigenvalue weighted by Crippen LogP contribution is -2.48. The first-order chi connectivity index (χ1) is 11.5. The van der Waals surface area contributed by atoms with E-state index in [1.54, 1.807) is 0 Å². The van der Waals surface area contributed by atoms with Crippen LogP contribution in [0.4, 0.5) is 4.79 Å². The number of urea groups is 1. The molecule has 0 radical (unpaired) electrons. The smallest absolute Gasteiger partial charge is 0.315 e. The second-order valence-electron chi connectivity index (χ2n) is 7.23. The van der Waals surface area contributed by atoms with Crippen LogP contribution >= 0.6 is 0 Å². The van der Waals surface area contributed by atoms with Crippen molar-refractivity contribution in [2.45, 2.75) is 45.2 Å². The van der Waals surface area contributed by atoms with Crippen LogP contribution in [0.5, 0.6) is 0 Å². The molecule has 0 aromatic heterocycles.